The average Bonchev–Trinajstić information content (AvgIpc) is 2.41. The first-order valence-electron chi connectivity index (χ1n) is 6.50. The lowest BCUT2D eigenvalue weighted by Gasteiger charge is -2.33. The molecule has 2 rings (SSSR count). The molecule has 1 atom stereocenters. The zero-order chi connectivity index (χ0) is 13.8. The topological polar surface area (TPSA) is 32.3 Å². The van der Waals surface area contributed by atoms with Crippen molar-refractivity contribution in [1.29, 1.82) is 0 Å². The molecule has 3 nitrogen and oxygen atoms in total. The fourth-order valence-electron chi connectivity index (χ4n) is 2.54. The van der Waals surface area contributed by atoms with E-state index < -0.39 is 0 Å². The molecule has 1 amide bonds. The van der Waals surface area contributed by atoms with Gasteiger partial charge in [0.2, 0.25) is 0 Å². The van der Waals surface area contributed by atoms with Crippen molar-refractivity contribution in [1.82, 2.24) is 10.2 Å². The van der Waals surface area contributed by atoms with Crippen LogP contribution in [0.2, 0.25) is 10.0 Å². The molecule has 5 heteroatoms. The molecule has 1 aromatic carbocycles. The number of carbonyl (C=O) groups is 1. The minimum atomic E-state index is -0.0201. The molecule has 1 heterocycles. The SMILES string of the molecule is CNCC1CCCN(C(=O)c2cc(Cl)ccc2Cl)C1. The summed E-state index contributed by atoms with van der Waals surface area (Å²) in [6.07, 6.45) is 2.20. The number of halogens is 2. The van der Waals surface area contributed by atoms with Crippen LogP contribution in [0.25, 0.3) is 0 Å². The van der Waals surface area contributed by atoms with Crippen molar-refractivity contribution in [2.45, 2.75) is 12.8 Å². The minimum absolute atomic E-state index is 0.0201. The summed E-state index contributed by atoms with van der Waals surface area (Å²) >= 11 is 12.0. The van der Waals surface area contributed by atoms with Crippen LogP contribution >= 0.6 is 23.2 Å². The molecular formula is C14H18Cl2N2O. The van der Waals surface area contributed by atoms with Crippen LogP contribution < -0.4 is 5.32 Å². The van der Waals surface area contributed by atoms with Crippen LogP contribution in [0.15, 0.2) is 18.2 Å². The Kier molecular flexibility index (Phi) is 5.08. The van der Waals surface area contributed by atoms with E-state index >= 15 is 0 Å². The van der Waals surface area contributed by atoms with Gasteiger partial charge in [-0.15, -0.1) is 0 Å². The Balaban J connectivity index is 2.12. The van der Waals surface area contributed by atoms with E-state index in [-0.39, 0.29) is 5.91 Å². The molecule has 1 saturated heterocycles. The molecule has 0 bridgehead atoms. The van der Waals surface area contributed by atoms with Crippen molar-refractivity contribution in [3.63, 3.8) is 0 Å². The predicted molar refractivity (Wildman–Crippen MR) is 79.0 cm³/mol. The van der Waals surface area contributed by atoms with Gasteiger partial charge in [-0.05, 0) is 50.6 Å². The first-order chi connectivity index (χ1) is 9.11. The zero-order valence-corrected chi connectivity index (χ0v) is 12.5. The number of piperidine rings is 1. The average molecular weight is 301 g/mol. The Morgan fingerprint density at radius 3 is 3.00 bits per heavy atom. The second kappa shape index (κ2) is 6.60. The van der Waals surface area contributed by atoms with Crippen LogP contribution in [0.4, 0.5) is 0 Å². The van der Waals surface area contributed by atoms with E-state index in [1.807, 2.05) is 11.9 Å². The number of likely N-dealkylation sites (tertiary alicyclic amines) is 1. The second-order valence-electron chi connectivity index (χ2n) is 4.94. The number of hydrogen-bond donors (Lipinski definition) is 1. The third-order valence-electron chi connectivity index (χ3n) is 3.46. The van der Waals surface area contributed by atoms with Crippen molar-refractivity contribution >= 4 is 29.1 Å². The summed E-state index contributed by atoms with van der Waals surface area (Å²) in [5, 5.41) is 4.17. The normalized spacial score (nSPS) is 19.5. The smallest absolute Gasteiger partial charge is 0.255 e. The van der Waals surface area contributed by atoms with Gasteiger partial charge >= 0.3 is 0 Å². The van der Waals surface area contributed by atoms with Gasteiger partial charge in [-0.25, -0.2) is 0 Å². The summed E-state index contributed by atoms with van der Waals surface area (Å²) in [5.41, 5.74) is 0.499. The van der Waals surface area contributed by atoms with E-state index in [1.54, 1.807) is 18.2 Å². The lowest BCUT2D eigenvalue weighted by molar-refractivity contribution is 0.0674. The first-order valence-corrected chi connectivity index (χ1v) is 7.26. The fourth-order valence-corrected chi connectivity index (χ4v) is 2.91. The highest BCUT2D eigenvalue weighted by Gasteiger charge is 2.25. The van der Waals surface area contributed by atoms with E-state index in [1.165, 1.54) is 0 Å². The molecule has 0 radical (unpaired) electrons. The Morgan fingerprint density at radius 1 is 1.47 bits per heavy atom. The number of carbonyl (C=O) groups excluding carboxylic acids is 1. The molecule has 104 valence electrons. The maximum absolute atomic E-state index is 12.5. The van der Waals surface area contributed by atoms with Gasteiger partial charge in [-0.3, -0.25) is 4.79 Å². The molecule has 1 fully saturated rings. The monoisotopic (exact) mass is 300 g/mol. The largest absolute Gasteiger partial charge is 0.338 e. The number of nitrogens with zero attached hydrogens (tertiary/aromatic N) is 1. The van der Waals surface area contributed by atoms with Crippen molar-refractivity contribution in [2.75, 3.05) is 26.7 Å². The first kappa shape index (κ1) is 14.6. The maximum atomic E-state index is 12.5. The van der Waals surface area contributed by atoms with E-state index in [9.17, 15) is 4.79 Å². The van der Waals surface area contributed by atoms with E-state index in [4.69, 9.17) is 23.2 Å². The molecule has 1 aromatic rings. The van der Waals surface area contributed by atoms with E-state index in [0.29, 0.717) is 21.5 Å². The summed E-state index contributed by atoms with van der Waals surface area (Å²) in [6, 6.07) is 5.01. The van der Waals surface area contributed by atoms with E-state index in [2.05, 4.69) is 5.32 Å². The number of hydrogen-bond acceptors (Lipinski definition) is 2. The highest BCUT2D eigenvalue weighted by Crippen LogP contribution is 2.24. The van der Waals surface area contributed by atoms with Crippen LogP contribution in [0.5, 0.6) is 0 Å². The van der Waals surface area contributed by atoms with E-state index in [0.717, 1.165) is 32.5 Å². The van der Waals surface area contributed by atoms with Crippen LogP contribution in [-0.4, -0.2) is 37.5 Å². The Hall–Kier alpha value is -0.770. The molecule has 0 spiro atoms. The third kappa shape index (κ3) is 3.62. The van der Waals surface area contributed by atoms with Gasteiger partial charge in [-0.1, -0.05) is 23.2 Å². The number of benzene rings is 1. The standard InChI is InChI=1S/C14H18Cl2N2O/c1-17-8-10-3-2-6-18(9-10)14(19)12-7-11(15)4-5-13(12)16/h4-5,7,10,17H,2-3,6,8-9H2,1H3. The summed E-state index contributed by atoms with van der Waals surface area (Å²) in [7, 11) is 1.94. The zero-order valence-electron chi connectivity index (χ0n) is 11.0. The lowest BCUT2D eigenvalue weighted by atomic mass is 9.97. The Bertz CT molecular complexity index is 463. The summed E-state index contributed by atoms with van der Waals surface area (Å²) in [6.45, 7) is 2.51. The second-order valence-corrected chi connectivity index (χ2v) is 5.78. The van der Waals surface area contributed by atoms with Crippen LogP contribution in [-0.2, 0) is 0 Å². The van der Waals surface area contributed by atoms with Gasteiger partial charge in [0, 0.05) is 18.1 Å². The van der Waals surface area contributed by atoms with Gasteiger partial charge in [0.05, 0.1) is 10.6 Å². The lowest BCUT2D eigenvalue weighted by Crippen LogP contribution is -2.42. The summed E-state index contributed by atoms with van der Waals surface area (Å²) in [5.74, 6) is 0.494. The molecule has 1 N–H and O–H groups in total. The minimum Gasteiger partial charge on any atom is -0.338 e. The highest BCUT2D eigenvalue weighted by atomic mass is 35.5. The molecular weight excluding hydrogens is 283 g/mol. The van der Waals surface area contributed by atoms with Gasteiger partial charge in [0.25, 0.3) is 5.91 Å². The van der Waals surface area contributed by atoms with Crippen molar-refractivity contribution < 1.29 is 4.79 Å². The number of amides is 1. The molecule has 1 unspecified atom stereocenters. The molecule has 0 aliphatic carbocycles. The maximum Gasteiger partial charge on any atom is 0.255 e. The summed E-state index contributed by atoms with van der Waals surface area (Å²) < 4.78 is 0. The summed E-state index contributed by atoms with van der Waals surface area (Å²) in [4.78, 5) is 14.4. The number of nitrogens with one attached hydrogen (secondary N) is 1. The Labute approximate surface area is 123 Å². The Morgan fingerprint density at radius 2 is 2.26 bits per heavy atom. The van der Waals surface area contributed by atoms with Gasteiger partial charge in [-0.2, -0.15) is 0 Å². The van der Waals surface area contributed by atoms with Crippen molar-refractivity contribution in [3.8, 4) is 0 Å². The van der Waals surface area contributed by atoms with Gasteiger partial charge in [0.1, 0.15) is 0 Å². The third-order valence-corrected chi connectivity index (χ3v) is 4.02. The van der Waals surface area contributed by atoms with Gasteiger partial charge in [0.15, 0.2) is 0 Å². The molecule has 1 aliphatic heterocycles. The highest BCUT2D eigenvalue weighted by molar-refractivity contribution is 6.35. The molecule has 0 aromatic heterocycles. The fraction of sp³-hybridized carbons (Fsp3) is 0.500. The van der Waals surface area contributed by atoms with Crippen LogP contribution in [0.3, 0.4) is 0 Å². The van der Waals surface area contributed by atoms with Crippen LogP contribution in [0.1, 0.15) is 23.2 Å². The van der Waals surface area contributed by atoms with Gasteiger partial charge < -0.3 is 10.2 Å². The molecule has 19 heavy (non-hydrogen) atoms. The van der Waals surface area contributed by atoms with Crippen molar-refractivity contribution in [3.05, 3.63) is 33.8 Å². The predicted octanol–water partition coefficient (Wildman–Crippen LogP) is 3.07. The van der Waals surface area contributed by atoms with Crippen LogP contribution in [0, 0.1) is 5.92 Å². The van der Waals surface area contributed by atoms with Crippen molar-refractivity contribution in [2.24, 2.45) is 5.92 Å². The molecule has 1 aliphatic rings. The number of rotatable bonds is 3. The molecule has 0 saturated carbocycles. The quantitative estimate of drug-likeness (QED) is 0.930.